The summed E-state index contributed by atoms with van der Waals surface area (Å²) in [6.45, 7) is 1.02. The number of aliphatic hydroxyl groups is 3. The lowest BCUT2D eigenvalue weighted by atomic mass is 9.99. The van der Waals surface area contributed by atoms with Crippen molar-refractivity contribution in [1.29, 1.82) is 0 Å². The third-order valence-electron chi connectivity index (χ3n) is 4.61. The predicted octanol–water partition coefficient (Wildman–Crippen LogP) is 0.0968. The molecular formula is C21H22O10. The van der Waals surface area contributed by atoms with Crippen molar-refractivity contribution >= 4 is 12.0 Å². The Labute approximate surface area is 176 Å². The number of aryl methyl sites for hydroxylation is 1. The Balaban J connectivity index is 1.62. The molecule has 10 nitrogen and oxygen atoms in total. The molecule has 2 heterocycles. The molecule has 1 aromatic carbocycles. The largest absolute Gasteiger partial charge is 0.508 e. The lowest BCUT2D eigenvalue weighted by molar-refractivity contribution is -0.278. The zero-order valence-electron chi connectivity index (χ0n) is 16.5. The first-order chi connectivity index (χ1) is 14.8. The highest BCUT2D eigenvalue weighted by molar-refractivity contribution is 5.87. The molecule has 3 rings (SSSR count). The molecule has 0 radical (unpaired) electrons. The molecule has 0 aliphatic carbocycles. The van der Waals surface area contributed by atoms with Gasteiger partial charge in [-0.15, -0.1) is 0 Å². The van der Waals surface area contributed by atoms with Crippen molar-refractivity contribution in [2.75, 3.05) is 6.61 Å². The second-order valence-corrected chi connectivity index (χ2v) is 6.86. The van der Waals surface area contributed by atoms with Crippen molar-refractivity contribution in [2.45, 2.75) is 37.6 Å². The standard InChI is InChI=1S/C21H22O10/c1-11-20(14(23)8-9-28-11)31-21-19(27)18(26)17(25)15(30-21)10-29-16(24)7-4-12-2-5-13(22)6-3-12/h2-9,15,17-19,21-22,25-27H,10H2,1H3. The number of aromatic hydroxyl groups is 1. The molecular weight excluding hydrogens is 412 g/mol. The number of carbonyl (C=O) groups is 1. The molecule has 31 heavy (non-hydrogen) atoms. The molecule has 166 valence electrons. The normalized spacial score (nSPS) is 26.0. The number of rotatable bonds is 6. The molecule has 4 N–H and O–H groups in total. The van der Waals surface area contributed by atoms with Gasteiger partial charge in [-0.1, -0.05) is 12.1 Å². The van der Waals surface area contributed by atoms with Crippen molar-refractivity contribution < 1.29 is 43.8 Å². The van der Waals surface area contributed by atoms with Crippen LogP contribution in [-0.2, 0) is 14.3 Å². The Morgan fingerprint density at radius 2 is 1.81 bits per heavy atom. The van der Waals surface area contributed by atoms with E-state index in [0.29, 0.717) is 5.56 Å². The van der Waals surface area contributed by atoms with Crippen LogP contribution in [-0.4, -0.2) is 63.7 Å². The number of ether oxygens (including phenoxy) is 3. The molecule has 1 saturated heterocycles. The number of benzene rings is 1. The van der Waals surface area contributed by atoms with E-state index in [2.05, 4.69) is 0 Å². The number of carbonyl (C=O) groups excluding carboxylic acids is 1. The van der Waals surface area contributed by atoms with Crippen LogP contribution >= 0.6 is 0 Å². The quantitative estimate of drug-likeness (QED) is 0.363. The molecule has 0 bridgehead atoms. The molecule has 10 heteroatoms. The van der Waals surface area contributed by atoms with Gasteiger partial charge in [-0.3, -0.25) is 4.79 Å². The Morgan fingerprint density at radius 1 is 1.10 bits per heavy atom. The van der Waals surface area contributed by atoms with E-state index >= 15 is 0 Å². The maximum atomic E-state index is 11.9. The average Bonchev–Trinajstić information content (AvgIpc) is 2.75. The minimum Gasteiger partial charge on any atom is -0.508 e. The van der Waals surface area contributed by atoms with Gasteiger partial charge in [-0.05, 0) is 30.7 Å². The number of phenolic OH excluding ortho intramolecular Hbond substituents is 1. The Hall–Kier alpha value is -3.18. The van der Waals surface area contributed by atoms with Gasteiger partial charge in [0.05, 0.1) is 6.26 Å². The van der Waals surface area contributed by atoms with Gasteiger partial charge < -0.3 is 39.1 Å². The van der Waals surface area contributed by atoms with Crippen LogP contribution in [0, 0.1) is 6.92 Å². The molecule has 0 spiro atoms. The maximum absolute atomic E-state index is 11.9. The fourth-order valence-corrected chi connectivity index (χ4v) is 2.87. The number of hydrogen-bond acceptors (Lipinski definition) is 10. The summed E-state index contributed by atoms with van der Waals surface area (Å²) in [7, 11) is 0. The zero-order valence-corrected chi connectivity index (χ0v) is 16.5. The third kappa shape index (κ3) is 5.50. The van der Waals surface area contributed by atoms with Crippen molar-refractivity contribution in [3.63, 3.8) is 0 Å². The van der Waals surface area contributed by atoms with Gasteiger partial charge in [-0.25, -0.2) is 4.79 Å². The van der Waals surface area contributed by atoms with Gasteiger partial charge in [0.1, 0.15) is 42.5 Å². The fraction of sp³-hybridized carbons (Fsp3) is 0.333. The van der Waals surface area contributed by atoms with Gasteiger partial charge >= 0.3 is 5.97 Å². The van der Waals surface area contributed by atoms with E-state index in [1.807, 2.05) is 0 Å². The summed E-state index contributed by atoms with van der Waals surface area (Å²) < 4.78 is 20.9. The molecule has 0 amide bonds. The summed E-state index contributed by atoms with van der Waals surface area (Å²) >= 11 is 0. The van der Waals surface area contributed by atoms with Crippen molar-refractivity contribution in [3.8, 4) is 11.5 Å². The van der Waals surface area contributed by atoms with Crippen LogP contribution in [0.1, 0.15) is 11.3 Å². The minimum atomic E-state index is -1.67. The Morgan fingerprint density at radius 3 is 2.48 bits per heavy atom. The number of phenols is 1. The summed E-state index contributed by atoms with van der Waals surface area (Å²) in [5, 5.41) is 39.6. The average molecular weight is 434 g/mol. The van der Waals surface area contributed by atoms with Crippen LogP contribution in [0.5, 0.6) is 11.5 Å². The first kappa shape index (κ1) is 22.5. The van der Waals surface area contributed by atoms with E-state index in [1.165, 1.54) is 31.4 Å². The maximum Gasteiger partial charge on any atom is 0.330 e. The van der Waals surface area contributed by atoms with Crippen LogP contribution < -0.4 is 10.2 Å². The van der Waals surface area contributed by atoms with Crippen molar-refractivity contribution in [2.24, 2.45) is 0 Å². The van der Waals surface area contributed by atoms with E-state index in [-0.39, 0.29) is 17.3 Å². The Kier molecular flexibility index (Phi) is 7.08. The SMILES string of the molecule is Cc1occc(=O)c1OC1OC(COC(=O)C=Cc2ccc(O)cc2)C(O)C(O)C1O. The molecule has 1 aliphatic heterocycles. The van der Waals surface area contributed by atoms with Gasteiger partial charge in [0, 0.05) is 12.1 Å². The number of aliphatic hydroxyl groups excluding tert-OH is 3. The summed E-state index contributed by atoms with van der Waals surface area (Å²) in [5.74, 6) is -0.750. The third-order valence-corrected chi connectivity index (χ3v) is 4.61. The van der Waals surface area contributed by atoms with Crippen molar-refractivity contribution in [3.05, 3.63) is 64.2 Å². The minimum absolute atomic E-state index is 0.0872. The number of esters is 1. The molecule has 5 atom stereocenters. The number of hydrogen-bond donors (Lipinski definition) is 4. The highest BCUT2D eigenvalue weighted by Gasteiger charge is 2.45. The van der Waals surface area contributed by atoms with Gasteiger partial charge in [-0.2, -0.15) is 0 Å². The molecule has 5 unspecified atom stereocenters. The fourth-order valence-electron chi connectivity index (χ4n) is 2.87. The molecule has 0 saturated carbocycles. The van der Waals surface area contributed by atoms with Crippen LogP contribution in [0.25, 0.3) is 6.08 Å². The van der Waals surface area contributed by atoms with E-state index in [1.54, 1.807) is 12.1 Å². The monoisotopic (exact) mass is 434 g/mol. The van der Waals surface area contributed by atoms with E-state index in [9.17, 15) is 30.0 Å². The lowest BCUT2D eigenvalue weighted by Gasteiger charge is -2.39. The zero-order chi connectivity index (χ0) is 22.5. The van der Waals surface area contributed by atoms with E-state index in [4.69, 9.17) is 18.6 Å². The van der Waals surface area contributed by atoms with Gasteiger partial charge in [0.25, 0.3) is 0 Å². The summed E-state index contributed by atoms with van der Waals surface area (Å²) in [4.78, 5) is 23.9. The Bertz CT molecular complexity index is 980. The first-order valence-corrected chi connectivity index (χ1v) is 9.35. The molecule has 1 aliphatic rings. The van der Waals surface area contributed by atoms with E-state index in [0.717, 1.165) is 12.1 Å². The van der Waals surface area contributed by atoms with E-state index < -0.39 is 48.7 Å². The van der Waals surface area contributed by atoms with Crippen LogP contribution in [0.2, 0.25) is 0 Å². The first-order valence-electron chi connectivity index (χ1n) is 9.35. The highest BCUT2D eigenvalue weighted by atomic mass is 16.7. The molecule has 2 aromatic rings. The smallest absolute Gasteiger partial charge is 0.330 e. The lowest BCUT2D eigenvalue weighted by Crippen LogP contribution is -2.60. The van der Waals surface area contributed by atoms with Crippen LogP contribution in [0.15, 0.2) is 51.9 Å². The predicted molar refractivity (Wildman–Crippen MR) is 105 cm³/mol. The highest BCUT2D eigenvalue weighted by Crippen LogP contribution is 2.24. The second-order valence-electron chi connectivity index (χ2n) is 6.86. The summed E-state index contributed by atoms with van der Waals surface area (Å²) in [5.41, 5.74) is 0.121. The van der Waals surface area contributed by atoms with Gasteiger partial charge in [0.15, 0.2) is 0 Å². The second kappa shape index (κ2) is 9.75. The van der Waals surface area contributed by atoms with Crippen LogP contribution in [0.3, 0.4) is 0 Å². The van der Waals surface area contributed by atoms with Gasteiger partial charge in [0.2, 0.25) is 17.5 Å². The topological polar surface area (TPSA) is 156 Å². The van der Waals surface area contributed by atoms with Crippen molar-refractivity contribution in [1.82, 2.24) is 0 Å². The molecule has 1 fully saturated rings. The van der Waals surface area contributed by atoms with Crippen LogP contribution in [0.4, 0.5) is 0 Å². The molecule has 1 aromatic heterocycles. The summed E-state index contributed by atoms with van der Waals surface area (Å²) in [6.07, 6.45) is -3.89. The summed E-state index contributed by atoms with van der Waals surface area (Å²) in [6, 6.07) is 7.21.